The molecule has 1 heterocycles. The van der Waals surface area contributed by atoms with Gasteiger partial charge in [-0.05, 0) is 42.8 Å². The first-order valence-electron chi connectivity index (χ1n) is 9.46. The zero-order valence-electron chi connectivity index (χ0n) is 16.5. The van der Waals surface area contributed by atoms with Crippen LogP contribution in [0.2, 0.25) is 5.02 Å². The number of carboxylic acid groups (broad SMARTS) is 1. The minimum Gasteiger partial charge on any atom is -0.491 e. The number of aromatic carboxylic acids is 1. The molecule has 0 bridgehead atoms. The van der Waals surface area contributed by atoms with Gasteiger partial charge in [0.05, 0.1) is 43.2 Å². The highest BCUT2D eigenvalue weighted by Gasteiger charge is 2.19. The Labute approximate surface area is 175 Å². The lowest BCUT2D eigenvalue weighted by atomic mass is 10.1. The number of morpholine rings is 1. The molecule has 0 saturated carbocycles. The molecule has 0 radical (unpaired) electrons. The van der Waals surface area contributed by atoms with E-state index in [0.717, 1.165) is 5.56 Å². The molecule has 7 nitrogen and oxygen atoms in total. The topological polar surface area (TPSA) is 80.3 Å². The summed E-state index contributed by atoms with van der Waals surface area (Å²) >= 11 is 6.30. The molecule has 8 heteroatoms. The first kappa shape index (κ1) is 21.1. The van der Waals surface area contributed by atoms with Crippen molar-refractivity contribution in [1.82, 2.24) is 0 Å². The van der Waals surface area contributed by atoms with Crippen molar-refractivity contribution >= 4 is 28.9 Å². The number of methoxy groups -OCH3 is 1. The number of hydrogen-bond acceptors (Lipinski definition) is 6. The molecule has 2 N–H and O–H groups in total. The van der Waals surface area contributed by atoms with Gasteiger partial charge in [0.25, 0.3) is 0 Å². The average molecular weight is 421 g/mol. The van der Waals surface area contributed by atoms with Gasteiger partial charge in [0.2, 0.25) is 0 Å². The van der Waals surface area contributed by atoms with Crippen molar-refractivity contribution in [2.75, 3.05) is 50.2 Å². The van der Waals surface area contributed by atoms with E-state index < -0.39 is 5.97 Å². The molecule has 2 aromatic rings. The summed E-state index contributed by atoms with van der Waals surface area (Å²) in [7, 11) is 1.55. The van der Waals surface area contributed by atoms with Crippen LogP contribution in [0.15, 0.2) is 30.3 Å². The summed E-state index contributed by atoms with van der Waals surface area (Å²) in [5.74, 6) is 0.120. The van der Waals surface area contributed by atoms with Crippen molar-refractivity contribution in [2.24, 2.45) is 0 Å². The summed E-state index contributed by atoms with van der Waals surface area (Å²) in [4.78, 5) is 13.8. The van der Waals surface area contributed by atoms with Gasteiger partial charge < -0.3 is 29.5 Å². The summed E-state index contributed by atoms with van der Waals surface area (Å²) < 4.78 is 16.3. The number of carbonyl (C=O) groups is 1. The van der Waals surface area contributed by atoms with Gasteiger partial charge in [-0.25, -0.2) is 4.79 Å². The number of nitrogens with one attached hydrogen (secondary N) is 1. The molecule has 156 valence electrons. The third-order valence-corrected chi connectivity index (χ3v) is 4.93. The molecule has 0 atom stereocenters. The predicted molar refractivity (Wildman–Crippen MR) is 113 cm³/mol. The van der Waals surface area contributed by atoms with Crippen LogP contribution in [0.4, 0.5) is 11.4 Å². The number of carboxylic acids is 1. The maximum absolute atomic E-state index is 11.8. The average Bonchev–Trinajstić information content (AvgIpc) is 2.73. The van der Waals surface area contributed by atoms with Crippen LogP contribution >= 0.6 is 11.6 Å². The van der Waals surface area contributed by atoms with Crippen molar-refractivity contribution < 1.29 is 24.1 Å². The smallest absolute Gasteiger partial charge is 0.337 e. The van der Waals surface area contributed by atoms with E-state index in [2.05, 4.69) is 5.32 Å². The van der Waals surface area contributed by atoms with Gasteiger partial charge in [0.1, 0.15) is 0 Å². The number of rotatable bonds is 8. The molecule has 29 heavy (non-hydrogen) atoms. The van der Waals surface area contributed by atoms with Gasteiger partial charge in [-0.3, -0.25) is 0 Å². The molecule has 0 aliphatic carbocycles. The molecular weight excluding hydrogens is 396 g/mol. The van der Waals surface area contributed by atoms with Gasteiger partial charge >= 0.3 is 5.97 Å². The molecule has 1 fully saturated rings. The second-order valence-corrected chi connectivity index (χ2v) is 6.94. The van der Waals surface area contributed by atoms with Crippen LogP contribution in [-0.2, 0) is 11.3 Å². The van der Waals surface area contributed by atoms with Gasteiger partial charge in [-0.15, -0.1) is 0 Å². The minimum atomic E-state index is -0.957. The number of benzene rings is 2. The van der Waals surface area contributed by atoms with Crippen molar-refractivity contribution in [3.63, 3.8) is 0 Å². The standard InChI is InChI=1S/C21H25ClN2O5/c1-3-29-19-11-14(10-17(22)20(19)27-2)13-23-15-4-5-18(16(12-15)21(25)26)24-6-8-28-9-7-24/h4-5,10-12,23H,3,6-9,13H2,1-2H3,(H,25,26). The van der Waals surface area contributed by atoms with Crippen LogP contribution in [0, 0.1) is 0 Å². The number of halogens is 1. The van der Waals surface area contributed by atoms with E-state index in [1.165, 1.54) is 0 Å². The second-order valence-electron chi connectivity index (χ2n) is 6.53. The van der Waals surface area contributed by atoms with E-state index in [9.17, 15) is 9.90 Å². The Kier molecular flexibility index (Phi) is 7.06. The lowest BCUT2D eigenvalue weighted by Crippen LogP contribution is -2.37. The zero-order chi connectivity index (χ0) is 20.8. The molecular formula is C21H25ClN2O5. The van der Waals surface area contributed by atoms with Gasteiger partial charge in [-0.2, -0.15) is 0 Å². The summed E-state index contributed by atoms with van der Waals surface area (Å²) in [5.41, 5.74) is 2.58. The van der Waals surface area contributed by atoms with Crippen molar-refractivity contribution in [3.05, 3.63) is 46.5 Å². The highest BCUT2D eigenvalue weighted by Crippen LogP contribution is 2.36. The quantitative estimate of drug-likeness (QED) is 0.670. The molecule has 1 saturated heterocycles. The van der Waals surface area contributed by atoms with Crippen LogP contribution < -0.4 is 19.7 Å². The van der Waals surface area contributed by atoms with Crippen LogP contribution in [0.3, 0.4) is 0 Å². The van der Waals surface area contributed by atoms with E-state index in [1.807, 2.05) is 30.0 Å². The highest BCUT2D eigenvalue weighted by molar-refractivity contribution is 6.32. The van der Waals surface area contributed by atoms with Crippen molar-refractivity contribution in [1.29, 1.82) is 0 Å². The van der Waals surface area contributed by atoms with E-state index >= 15 is 0 Å². The zero-order valence-corrected chi connectivity index (χ0v) is 17.3. The van der Waals surface area contributed by atoms with Crippen LogP contribution in [0.1, 0.15) is 22.8 Å². The van der Waals surface area contributed by atoms with Crippen LogP contribution in [-0.4, -0.2) is 51.1 Å². The lowest BCUT2D eigenvalue weighted by Gasteiger charge is -2.30. The Morgan fingerprint density at radius 3 is 2.69 bits per heavy atom. The largest absolute Gasteiger partial charge is 0.491 e. The third kappa shape index (κ3) is 5.05. The van der Waals surface area contributed by atoms with Crippen molar-refractivity contribution in [3.8, 4) is 11.5 Å². The Hall–Kier alpha value is -2.64. The van der Waals surface area contributed by atoms with E-state index in [4.69, 9.17) is 25.8 Å². The molecule has 0 unspecified atom stereocenters. The normalized spacial score (nSPS) is 13.8. The van der Waals surface area contributed by atoms with Crippen molar-refractivity contribution in [2.45, 2.75) is 13.5 Å². The van der Waals surface area contributed by atoms with Crippen LogP contribution in [0.5, 0.6) is 11.5 Å². The third-order valence-electron chi connectivity index (χ3n) is 4.65. The second kappa shape index (κ2) is 9.71. The Balaban J connectivity index is 1.78. The fourth-order valence-corrected chi connectivity index (χ4v) is 3.60. The summed E-state index contributed by atoms with van der Waals surface area (Å²) in [6.45, 7) is 5.39. The van der Waals surface area contributed by atoms with E-state index in [0.29, 0.717) is 67.4 Å². The maximum Gasteiger partial charge on any atom is 0.337 e. The first-order valence-corrected chi connectivity index (χ1v) is 9.84. The molecule has 0 spiro atoms. The highest BCUT2D eigenvalue weighted by atomic mass is 35.5. The predicted octanol–water partition coefficient (Wildman–Crippen LogP) is 3.89. The van der Waals surface area contributed by atoms with E-state index in [-0.39, 0.29) is 5.56 Å². The monoisotopic (exact) mass is 420 g/mol. The summed E-state index contributed by atoms with van der Waals surface area (Å²) in [5, 5.41) is 13.4. The summed E-state index contributed by atoms with van der Waals surface area (Å²) in [6.07, 6.45) is 0. The number of anilines is 2. The van der Waals surface area contributed by atoms with Gasteiger partial charge in [0.15, 0.2) is 11.5 Å². The molecule has 0 aromatic heterocycles. The summed E-state index contributed by atoms with van der Waals surface area (Å²) in [6, 6.07) is 9.04. The Morgan fingerprint density at radius 2 is 2.03 bits per heavy atom. The Morgan fingerprint density at radius 1 is 1.28 bits per heavy atom. The number of ether oxygens (including phenoxy) is 3. The molecule has 0 amide bonds. The van der Waals surface area contributed by atoms with Gasteiger partial charge in [-0.1, -0.05) is 11.6 Å². The number of hydrogen-bond donors (Lipinski definition) is 2. The van der Waals surface area contributed by atoms with Gasteiger partial charge in [0, 0.05) is 25.3 Å². The maximum atomic E-state index is 11.8. The Bertz CT molecular complexity index is 868. The lowest BCUT2D eigenvalue weighted by molar-refractivity contribution is 0.0696. The minimum absolute atomic E-state index is 0.264. The fourth-order valence-electron chi connectivity index (χ4n) is 3.29. The SMILES string of the molecule is CCOc1cc(CNc2ccc(N3CCOCC3)c(C(=O)O)c2)cc(Cl)c1OC. The number of nitrogens with zero attached hydrogens (tertiary/aromatic N) is 1. The molecule has 3 rings (SSSR count). The fraction of sp³-hybridized carbons (Fsp3) is 0.381. The van der Waals surface area contributed by atoms with Crippen LogP contribution in [0.25, 0.3) is 0 Å². The molecule has 2 aromatic carbocycles. The van der Waals surface area contributed by atoms with E-state index in [1.54, 1.807) is 19.2 Å². The molecule has 1 aliphatic heterocycles. The molecule has 1 aliphatic rings. The first-order chi connectivity index (χ1) is 14.0.